The van der Waals surface area contributed by atoms with Crippen LogP contribution in [0.15, 0.2) is 18.2 Å². The minimum absolute atomic E-state index is 0.00162. The predicted molar refractivity (Wildman–Crippen MR) is 73.4 cm³/mol. The van der Waals surface area contributed by atoms with Crippen LogP contribution >= 0.6 is 11.6 Å². The van der Waals surface area contributed by atoms with E-state index in [1.807, 2.05) is 18.2 Å². The first kappa shape index (κ1) is 13.7. The summed E-state index contributed by atoms with van der Waals surface area (Å²) in [5, 5.41) is 4.05. The standard InChI is InChI=1S/C14H20ClNO2/c1-10(18-12-5-7-16-8-6-12)13-9-11(15)3-4-14(13)17-2/h3-4,9-10,12,16H,5-8H2,1-2H3. The van der Waals surface area contributed by atoms with Gasteiger partial charge in [0, 0.05) is 10.6 Å². The normalized spacial score (nSPS) is 18.6. The first-order valence-corrected chi connectivity index (χ1v) is 6.78. The molecule has 2 rings (SSSR count). The van der Waals surface area contributed by atoms with Gasteiger partial charge in [-0.2, -0.15) is 0 Å². The molecule has 1 aliphatic heterocycles. The molecule has 4 heteroatoms. The maximum atomic E-state index is 6.10. The average molecular weight is 270 g/mol. The van der Waals surface area contributed by atoms with Gasteiger partial charge in [-0.05, 0) is 51.1 Å². The Hall–Kier alpha value is -0.770. The quantitative estimate of drug-likeness (QED) is 0.911. The topological polar surface area (TPSA) is 30.5 Å². The number of ether oxygens (including phenoxy) is 2. The zero-order chi connectivity index (χ0) is 13.0. The molecule has 1 fully saturated rings. The van der Waals surface area contributed by atoms with Gasteiger partial charge < -0.3 is 14.8 Å². The van der Waals surface area contributed by atoms with Crippen molar-refractivity contribution in [2.75, 3.05) is 20.2 Å². The minimum Gasteiger partial charge on any atom is -0.496 e. The summed E-state index contributed by atoms with van der Waals surface area (Å²) in [5.74, 6) is 0.834. The highest BCUT2D eigenvalue weighted by Gasteiger charge is 2.19. The van der Waals surface area contributed by atoms with Crippen molar-refractivity contribution in [2.45, 2.75) is 32.0 Å². The third kappa shape index (κ3) is 3.37. The van der Waals surface area contributed by atoms with Gasteiger partial charge in [0.25, 0.3) is 0 Å². The van der Waals surface area contributed by atoms with Gasteiger partial charge in [0.05, 0.1) is 19.3 Å². The first-order valence-electron chi connectivity index (χ1n) is 6.40. The zero-order valence-electron chi connectivity index (χ0n) is 10.9. The lowest BCUT2D eigenvalue weighted by atomic mass is 10.1. The van der Waals surface area contributed by atoms with Gasteiger partial charge in [-0.1, -0.05) is 11.6 Å². The van der Waals surface area contributed by atoms with Crippen LogP contribution in [0, 0.1) is 0 Å². The molecule has 1 unspecified atom stereocenters. The van der Waals surface area contributed by atoms with Gasteiger partial charge in [-0.25, -0.2) is 0 Å². The van der Waals surface area contributed by atoms with Crippen molar-refractivity contribution >= 4 is 11.6 Å². The Morgan fingerprint density at radius 3 is 2.72 bits per heavy atom. The summed E-state index contributed by atoms with van der Waals surface area (Å²) < 4.78 is 11.5. The molecule has 0 aromatic heterocycles. The van der Waals surface area contributed by atoms with Crippen LogP contribution in [0.1, 0.15) is 31.4 Å². The molecule has 3 nitrogen and oxygen atoms in total. The summed E-state index contributed by atoms with van der Waals surface area (Å²) >= 11 is 6.04. The van der Waals surface area contributed by atoms with Crippen molar-refractivity contribution in [1.29, 1.82) is 0 Å². The third-order valence-corrected chi connectivity index (χ3v) is 3.55. The number of benzene rings is 1. The largest absolute Gasteiger partial charge is 0.496 e. The van der Waals surface area contributed by atoms with Crippen LogP contribution in [0.4, 0.5) is 0 Å². The van der Waals surface area contributed by atoms with E-state index >= 15 is 0 Å². The highest BCUT2D eigenvalue weighted by atomic mass is 35.5. The Labute approximate surface area is 113 Å². The Bertz CT molecular complexity index is 391. The van der Waals surface area contributed by atoms with Crippen molar-refractivity contribution in [3.05, 3.63) is 28.8 Å². The van der Waals surface area contributed by atoms with Gasteiger partial charge in [0.1, 0.15) is 5.75 Å². The number of rotatable bonds is 4. The second-order valence-electron chi connectivity index (χ2n) is 4.61. The Kier molecular flexibility index (Phi) is 4.87. The monoisotopic (exact) mass is 269 g/mol. The van der Waals surface area contributed by atoms with Crippen molar-refractivity contribution in [3.8, 4) is 5.75 Å². The molecular formula is C14H20ClNO2. The highest BCUT2D eigenvalue weighted by Crippen LogP contribution is 2.31. The Morgan fingerprint density at radius 2 is 2.06 bits per heavy atom. The third-order valence-electron chi connectivity index (χ3n) is 3.31. The summed E-state index contributed by atoms with van der Waals surface area (Å²) in [6, 6.07) is 5.65. The van der Waals surface area contributed by atoms with Gasteiger partial charge >= 0.3 is 0 Å². The molecule has 18 heavy (non-hydrogen) atoms. The molecule has 1 heterocycles. The maximum absolute atomic E-state index is 6.10. The van der Waals surface area contributed by atoms with E-state index in [1.54, 1.807) is 7.11 Å². The fourth-order valence-corrected chi connectivity index (χ4v) is 2.50. The van der Waals surface area contributed by atoms with Gasteiger partial charge in [-0.15, -0.1) is 0 Å². The summed E-state index contributed by atoms with van der Waals surface area (Å²) in [5.41, 5.74) is 1.02. The summed E-state index contributed by atoms with van der Waals surface area (Å²) in [7, 11) is 1.67. The average Bonchev–Trinajstić information content (AvgIpc) is 2.40. The van der Waals surface area contributed by atoms with Crippen LogP contribution in [0.25, 0.3) is 0 Å². The van der Waals surface area contributed by atoms with Crippen LogP contribution < -0.4 is 10.1 Å². The molecule has 0 amide bonds. The number of hydrogen-bond donors (Lipinski definition) is 1. The number of nitrogens with one attached hydrogen (secondary N) is 1. The summed E-state index contributed by atoms with van der Waals surface area (Å²) in [6.45, 7) is 4.12. The second-order valence-corrected chi connectivity index (χ2v) is 5.05. The first-order chi connectivity index (χ1) is 8.70. The molecule has 0 bridgehead atoms. The van der Waals surface area contributed by atoms with Crippen LogP contribution in [-0.4, -0.2) is 26.3 Å². The van der Waals surface area contributed by atoms with Crippen LogP contribution in [0.5, 0.6) is 5.75 Å². The summed E-state index contributed by atoms with van der Waals surface area (Å²) in [4.78, 5) is 0. The van der Waals surface area contributed by atoms with Gasteiger partial charge in [-0.3, -0.25) is 0 Å². The predicted octanol–water partition coefficient (Wildman–Crippen LogP) is 3.18. The second kappa shape index (κ2) is 6.41. The van der Waals surface area contributed by atoms with E-state index in [2.05, 4.69) is 12.2 Å². The van der Waals surface area contributed by atoms with E-state index in [0.29, 0.717) is 11.1 Å². The lowest BCUT2D eigenvalue weighted by Crippen LogP contribution is -2.33. The van der Waals surface area contributed by atoms with E-state index in [0.717, 1.165) is 37.2 Å². The Morgan fingerprint density at radius 1 is 1.33 bits per heavy atom. The molecule has 0 radical (unpaired) electrons. The fraction of sp³-hybridized carbons (Fsp3) is 0.571. The van der Waals surface area contributed by atoms with Crippen molar-refractivity contribution in [3.63, 3.8) is 0 Å². The SMILES string of the molecule is COc1ccc(Cl)cc1C(C)OC1CCNCC1. The van der Waals surface area contributed by atoms with E-state index in [1.165, 1.54) is 0 Å². The highest BCUT2D eigenvalue weighted by molar-refractivity contribution is 6.30. The van der Waals surface area contributed by atoms with E-state index in [-0.39, 0.29) is 6.10 Å². The molecule has 0 aliphatic carbocycles. The molecule has 1 N–H and O–H groups in total. The van der Waals surface area contributed by atoms with Crippen molar-refractivity contribution < 1.29 is 9.47 Å². The van der Waals surface area contributed by atoms with E-state index < -0.39 is 0 Å². The van der Waals surface area contributed by atoms with Gasteiger partial charge in [0.2, 0.25) is 0 Å². The molecule has 0 saturated carbocycles. The summed E-state index contributed by atoms with van der Waals surface area (Å²) in [6.07, 6.45) is 2.45. The molecule has 1 aromatic carbocycles. The zero-order valence-corrected chi connectivity index (χ0v) is 11.7. The van der Waals surface area contributed by atoms with Crippen molar-refractivity contribution in [2.24, 2.45) is 0 Å². The van der Waals surface area contributed by atoms with Crippen LogP contribution in [0.3, 0.4) is 0 Å². The van der Waals surface area contributed by atoms with Crippen molar-refractivity contribution in [1.82, 2.24) is 5.32 Å². The lowest BCUT2D eigenvalue weighted by Gasteiger charge is -2.27. The van der Waals surface area contributed by atoms with E-state index in [4.69, 9.17) is 21.1 Å². The number of halogens is 1. The lowest BCUT2D eigenvalue weighted by molar-refractivity contribution is -0.0195. The minimum atomic E-state index is 0.00162. The number of hydrogen-bond acceptors (Lipinski definition) is 3. The molecule has 1 aromatic rings. The molecular weight excluding hydrogens is 250 g/mol. The van der Waals surface area contributed by atoms with Crippen LogP contribution in [0.2, 0.25) is 5.02 Å². The molecule has 1 saturated heterocycles. The van der Waals surface area contributed by atoms with E-state index in [9.17, 15) is 0 Å². The molecule has 100 valence electrons. The fourth-order valence-electron chi connectivity index (χ4n) is 2.32. The maximum Gasteiger partial charge on any atom is 0.124 e. The van der Waals surface area contributed by atoms with Crippen LogP contribution in [-0.2, 0) is 4.74 Å². The molecule has 1 aliphatic rings. The molecule has 1 atom stereocenters. The Balaban J connectivity index is 2.07. The van der Waals surface area contributed by atoms with Gasteiger partial charge in [0.15, 0.2) is 0 Å². The number of piperidine rings is 1. The number of methoxy groups -OCH3 is 1. The smallest absolute Gasteiger partial charge is 0.124 e. The molecule has 0 spiro atoms.